The van der Waals surface area contributed by atoms with Crippen LogP contribution in [0.15, 0.2) is 120 Å². The number of hydrogen-bond acceptors (Lipinski definition) is 5. The van der Waals surface area contributed by atoms with E-state index in [2.05, 4.69) is 10.4 Å². The van der Waals surface area contributed by atoms with Crippen LogP contribution in [0, 0.1) is 0 Å². The molecule has 1 aliphatic rings. The second-order valence-electron chi connectivity index (χ2n) is 9.24. The largest absolute Gasteiger partial charge is 0.314 e. The number of aliphatic imine (C=N–C) groups is 1. The van der Waals surface area contributed by atoms with Crippen LogP contribution in [0.4, 0.5) is 5.69 Å². The second-order valence-corrected chi connectivity index (χ2v) is 10.6. The Morgan fingerprint density at radius 1 is 0.829 bits per heavy atom. The molecule has 0 radical (unpaired) electrons. The zero-order valence-corrected chi connectivity index (χ0v) is 23.3. The number of aromatic nitrogens is 2. The summed E-state index contributed by atoms with van der Waals surface area (Å²) in [7, 11) is 0. The van der Waals surface area contributed by atoms with Crippen LogP contribution >= 0.6 is 23.4 Å². The summed E-state index contributed by atoms with van der Waals surface area (Å²) < 4.78 is 1.91. The molecule has 202 valence electrons. The van der Waals surface area contributed by atoms with Gasteiger partial charge in [0, 0.05) is 21.7 Å². The third-order valence-corrected chi connectivity index (χ3v) is 7.62. The van der Waals surface area contributed by atoms with Crippen LogP contribution in [0.2, 0.25) is 5.02 Å². The Kier molecular flexibility index (Phi) is 7.67. The highest BCUT2D eigenvalue weighted by Gasteiger charge is 2.31. The van der Waals surface area contributed by atoms with Gasteiger partial charge in [0.2, 0.25) is 0 Å². The van der Waals surface area contributed by atoms with E-state index in [0.29, 0.717) is 21.7 Å². The Morgan fingerprint density at radius 3 is 2.05 bits per heavy atom. The monoisotopic (exact) mass is 577 g/mol. The van der Waals surface area contributed by atoms with Gasteiger partial charge in [0.25, 0.3) is 11.8 Å². The molecule has 0 bridgehead atoms. The highest BCUT2D eigenvalue weighted by molar-refractivity contribution is 8.15. The summed E-state index contributed by atoms with van der Waals surface area (Å²) >= 11 is 7.27. The summed E-state index contributed by atoms with van der Waals surface area (Å²) in [6.45, 7) is -0.0725. The molecule has 1 N–H and O–H groups in total. The van der Waals surface area contributed by atoms with E-state index in [1.807, 2.05) is 95.6 Å². The first-order chi connectivity index (χ1) is 20.1. The Bertz CT molecular complexity index is 1720. The van der Waals surface area contributed by atoms with Crippen molar-refractivity contribution in [3.63, 3.8) is 0 Å². The highest BCUT2D eigenvalue weighted by atomic mass is 35.5. The summed E-state index contributed by atoms with van der Waals surface area (Å²) in [5.41, 5.74) is 7.72. The fraction of sp³-hybridized carbons (Fsp3) is 0.0625. The molecule has 1 fully saturated rings. The lowest BCUT2D eigenvalue weighted by atomic mass is 10.0. The average molecular weight is 578 g/mol. The first kappa shape index (κ1) is 26.6. The van der Waals surface area contributed by atoms with E-state index < -0.39 is 0 Å². The van der Waals surface area contributed by atoms with Gasteiger partial charge in [-0.05, 0) is 24.3 Å². The Balaban J connectivity index is 1.40. The van der Waals surface area contributed by atoms with Crippen LogP contribution < -0.4 is 5.43 Å². The van der Waals surface area contributed by atoms with Gasteiger partial charge in [-0.3, -0.25) is 15.0 Å². The number of imidazole rings is 1. The molecule has 1 aliphatic heterocycles. The van der Waals surface area contributed by atoms with Crippen molar-refractivity contribution in [2.45, 2.75) is 6.54 Å². The zero-order valence-electron chi connectivity index (χ0n) is 21.8. The minimum absolute atomic E-state index is 0.0725. The summed E-state index contributed by atoms with van der Waals surface area (Å²) in [4.78, 5) is 36.0. The van der Waals surface area contributed by atoms with Crippen molar-refractivity contribution in [3.05, 3.63) is 120 Å². The van der Waals surface area contributed by atoms with E-state index in [4.69, 9.17) is 16.6 Å². The van der Waals surface area contributed by atoms with E-state index in [1.165, 1.54) is 16.8 Å². The lowest BCUT2D eigenvalue weighted by Gasteiger charge is -2.19. The van der Waals surface area contributed by atoms with E-state index in [0.717, 1.165) is 28.1 Å². The standard InChI is InChI=1S/C32H24ClN5O2S/c33-25-16-18-26(19-17-25)34-32-38(28(40)21-41-32)36-27(39)20-37-30(23-12-6-2-7-13-23)29(22-10-4-1-5-11-22)35-31(37)24-14-8-3-9-15-24/h1-19H,20-21H2,(H,36,39). The molecule has 2 heterocycles. The van der Waals surface area contributed by atoms with Crippen LogP contribution in [-0.2, 0) is 16.1 Å². The predicted molar refractivity (Wildman–Crippen MR) is 165 cm³/mol. The van der Waals surface area contributed by atoms with Gasteiger partial charge in [0.05, 0.1) is 22.8 Å². The number of amidine groups is 1. The van der Waals surface area contributed by atoms with Crippen molar-refractivity contribution in [2.75, 3.05) is 5.75 Å². The van der Waals surface area contributed by atoms with Crippen molar-refractivity contribution in [3.8, 4) is 33.9 Å². The number of carbonyl (C=O) groups is 2. The number of thioether (sulfide) groups is 1. The summed E-state index contributed by atoms with van der Waals surface area (Å²) in [5, 5.41) is 2.21. The van der Waals surface area contributed by atoms with Crippen LogP contribution in [0.5, 0.6) is 0 Å². The van der Waals surface area contributed by atoms with Crippen molar-refractivity contribution in [2.24, 2.45) is 4.99 Å². The number of nitrogens with one attached hydrogen (secondary N) is 1. The molecular weight excluding hydrogens is 554 g/mol. The molecule has 41 heavy (non-hydrogen) atoms. The maximum absolute atomic E-state index is 13.6. The normalized spacial score (nSPS) is 14.0. The number of rotatable bonds is 7. The van der Waals surface area contributed by atoms with Gasteiger partial charge in [0.1, 0.15) is 12.4 Å². The third-order valence-electron chi connectivity index (χ3n) is 6.45. The minimum atomic E-state index is -0.379. The van der Waals surface area contributed by atoms with Crippen molar-refractivity contribution >= 4 is 46.0 Å². The number of hydrazine groups is 1. The van der Waals surface area contributed by atoms with E-state index in [-0.39, 0.29) is 24.1 Å². The summed E-state index contributed by atoms with van der Waals surface area (Å²) in [6, 6.07) is 36.5. The van der Waals surface area contributed by atoms with Crippen LogP contribution in [0.3, 0.4) is 0 Å². The van der Waals surface area contributed by atoms with Gasteiger partial charge < -0.3 is 4.57 Å². The average Bonchev–Trinajstić information content (AvgIpc) is 3.55. The fourth-order valence-electron chi connectivity index (χ4n) is 4.58. The van der Waals surface area contributed by atoms with E-state index in [1.54, 1.807) is 24.3 Å². The maximum atomic E-state index is 13.6. The topological polar surface area (TPSA) is 79.6 Å². The van der Waals surface area contributed by atoms with Crippen LogP contribution in [0.1, 0.15) is 0 Å². The lowest BCUT2D eigenvalue weighted by Crippen LogP contribution is -2.46. The first-order valence-corrected chi connectivity index (χ1v) is 14.3. The Hall–Kier alpha value is -4.66. The highest BCUT2D eigenvalue weighted by Crippen LogP contribution is 2.36. The van der Waals surface area contributed by atoms with E-state index in [9.17, 15) is 9.59 Å². The SMILES string of the molecule is O=C(Cn1c(-c2ccccc2)nc(-c2ccccc2)c1-c1ccccc1)NN1C(=O)CSC1=Nc1ccc(Cl)cc1. The molecule has 1 aromatic heterocycles. The molecule has 0 spiro atoms. The Morgan fingerprint density at radius 2 is 1.41 bits per heavy atom. The molecule has 0 saturated carbocycles. The molecule has 6 rings (SSSR count). The lowest BCUT2D eigenvalue weighted by molar-refractivity contribution is -0.134. The molecular formula is C32H24ClN5O2S. The maximum Gasteiger partial charge on any atom is 0.258 e. The number of halogens is 1. The fourth-order valence-corrected chi connectivity index (χ4v) is 5.54. The quantitative estimate of drug-likeness (QED) is 0.230. The van der Waals surface area contributed by atoms with Gasteiger partial charge in [-0.15, -0.1) is 0 Å². The first-order valence-electron chi connectivity index (χ1n) is 12.9. The zero-order chi connectivity index (χ0) is 28.2. The van der Waals surface area contributed by atoms with Crippen molar-refractivity contribution in [1.29, 1.82) is 0 Å². The van der Waals surface area contributed by atoms with Gasteiger partial charge in [-0.2, -0.15) is 5.01 Å². The molecule has 4 aromatic carbocycles. The summed E-state index contributed by atoms with van der Waals surface area (Å²) in [5.74, 6) is 0.199. The van der Waals surface area contributed by atoms with Crippen molar-refractivity contribution < 1.29 is 9.59 Å². The summed E-state index contributed by atoms with van der Waals surface area (Å²) in [6.07, 6.45) is 0. The number of benzene rings is 4. The smallest absolute Gasteiger partial charge is 0.258 e. The van der Waals surface area contributed by atoms with Crippen LogP contribution in [0.25, 0.3) is 33.9 Å². The van der Waals surface area contributed by atoms with Gasteiger partial charge in [0.15, 0.2) is 5.17 Å². The predicted octanol–water partition coefficient (Wildman–Crippen LogP) is 6.83. The molecule has 1 saturated heterocycles. The molecule has 0 aliphatic carbocycles. The third kappa shape index (κ3) is 5.79. The molecule has 0 unspecified atom stereocenters. The minimum Gasteiger partial charge on any atom is -0.314 e. The van der Waals surface area contributed by atoms with Gasteiger partial charge >= 0.3 is 0 Å². The van der Waals surface area contributed by atoms with Crippen molar-refractivity contribution in [1.82, 2.24) is 20.0 Å². The molecule has 2 amide bonds. The number of carbonyl (C=O) groups excluding carboxylic acids is 2. The molecule has 7 nitrogen and oxygen atoms in total. The number of amides is 2. The number of nitrogens with zero attached hydrogens (tertiary/aromatic N) is 4. The van der Waals surface area contributed by atoms with Crippen LogP contribution in [-0.4, -0.2) is 37.3 Å². The van der Waals surface area contributed by atoms with E-state index >= 15 is 0 Å². The van der Waals surface area contributed by atoms with Gasteiger partial charge in [-0.25, -0.2) is 9.98 Å². The molecule has 0 atom stereocenters. The Labute approximate surface area is 246 Å². The van der Waals surface area contributed by atoms with Gasteiger partial charge in [-0.1, -0.05) is 114 Å². The number of hydrogen-bond donors (Lipinski definition) is 1. The second kappa shape index (κ2) is 11.8. The molecule has 5 aromatic rings. The molecule has 9 heteroatoms.